The molecule has 0 radical (unpaired) electrons. The van der Waals surface area contributed by atoms with E-state index in [0.717, 1.165) is 49.7 Å². The minimum atomic E-state index is -0.606. The summed E-state index contributed by atoms with van der Waals surface area (Å²) in [5, 5.41) is 1.92. The average Bonchev–Trinajstić information content (AvgIpc) is 3.82. The zero-order chi connectivity index (χ0) is 40.7. The van der Waals surface area contributed by atoms with Crippen molar-refractivity contribution in [3.63, 3.8) is 0 Å². The van der Waals surface area contributed by atoms with E-state index >= 15 is 0 Å². The van der Waals surface area contributed by atoms with Crippen LogP contribution in [0.25, 0.3) is 55.0 Å². The molecule has 0 aliphatic heterocycles. The third-order valence-corrected chi connectivity index (χ3v) is 10.1. The average molecular weight is 659 g/mol. The van der Waals surface area contributed by atoms with Gasteiger partial charge in [0.2, 0.25) is 0 Å². The maximum absolute atomic E-state index is 9.00. The van der Waals surface area contributed by atoms with Crippen LogP contribution in [0.5, 0.6) is 0 Å². The summed E-state index contributed by atoms with van der Waals surface area (Å²) in [6, 6.07) is 51.1. The molecule has 51 heavy (non-hydrogen) atoms. The highest BCUT2D eigenvalue weighted by Crippen LogP contribution is 2.45. The van der Waals surface area contributed by atoms with E-state index in [9.17, 15) is 0 Å². The van der Waals surface area contributed by atoms with Gasteiger partial charge < -0.3 is 9.13 Å². The number of hydrogen-bond acceptors (Lipinski definition) is 0. The van der Waals surface area contributed by atoms with Gasteiger partial charge in [-0.05, 0) is 70.7 Å². The van der Waals surface area contributed by atoms with E-state index in [1.165, 1.54) is 0 Å². The molecule has 2 heterocycles. The highest BCUT2D eigenvalue weighted by molar-refractivity contribution is 6.12. The van der Waals surface area contributed by atoms with Gasteiger partial charge in [0.1, 0.15) is 0 Å². The second-order valence-electron chi connectivity index (χ2n) is 12.7. The van der Waals surface area contributed by atoms with Crippen molar-refractivity contribution in [2.45, 2.75) is 5.41 Å². The first kappa shape index (κ1) is 22.2. The fourth-order valence-corrected chi connectivity index (χ4v) is 7.98. The van der Waals surface area contributed by atoms with Gasteiger partial charge in [0.25, 0.3) is 0 Å². The summed E-state index contributed by atoms with van der Waals surface area (Å²) in [7, 11) is 0. The highest BCUT2D eigenvalue weighted by atomic mass is 15.0. The first-order valence-electron chi connectivity index (χ1n) is 21.0. The molecule has 0 N–H and O–H groups in total. The summed E-state index contributed by atoms with van der Waals surface area (Å²) in [6.45, 7) is 0. The number of rotatable bonds is 6. The Morgan fingerprint density at radius 3 is 1.33 bits per heavy atom. The van der Waals surface area contributed by atoms with E-state index in [0.29, 0.717) is 5.69 Å². The Balaban J connectivity index is 1.21. The van der Waals surface area contributed by atoms with Crippen LogP contribution in [0.15, 0.2) is 206 Å². The van der Waals surface area contributed by atoms with Crippen molar-refractivity contribution in [1.29, 1.82) is 0 Å². The molecule has 2 heteroatoms. The van der Waals surface area contributed by atoms with E-state index in [2.05, 4.69) is 108 Å². The van der Waals surface area contributed by atoms with Crippen molar-refractivity contribution in [3.8, 4) is 11.4 Å². The Morgan fingerprint density at radius 2 is 0.765 bits per heavy atom. The zero-order valence-electron chi connectivity index (χ0n) is 35.4. The van der Waals surface area contributed by atoms with E-state index in [-0.39, 0.29) is 46.0 Å². The molecule has 2 nitrogen and oxygen atoms in total. The Morgan fingerprint density at radius 1 is 0.333 bits per heavy atom. The fourth-order valence-electron chi connectivity index (χ4n) is 7.98. The lowest BCUT2D eigenvalue weighted by atomic mass is 9.65. The van der Waals surface area contributed by atoms with Crippen molar-refractivity contribution < 1.29 is 11.0 Å². The molecule has 0 unspecified atom stereocenters. The monoisotopic (exact) mass is 658 g/mol. The van der Waals surface area contributed by atoms with E-state index in [1.807, 2.05) is 54.6 Å². The molecule has 0 saturated heterocycles. The fraction of sp³-hybridized carbons (Fsp3) is 0.0204. The topological polar surface area (TPSA) is 9.86 Å². The summed E-state index contributed by atoms with van der Waals surface area (Å²) in [5.41, 5.74) is 7.43. The van der Waals surface area contributed by atoms with Gasteiger partial charge in [-0.25, -0.2) is 0 Å². The molecule has 0 fully saturated rings. The largest absolute Gasteiger partial charge is 0.309 e. The third-order valence-electron chi connectivity index (χ3n) is 10.1. The van der Waals surface area contributed by atoms with Gasteiger partial charge in [-0.3, -0.25) is 0 Å². The summed E-state index contributed by atoms with van der Waals surface area (Å²) in [4.78, 5) is 0. The molecular formula is C49H34N2. The lowest BCUT2D eigenvalue weighted by Gasteiger charge is -2.37. The standard InChI is InChI=1S/C49H34N2/c1-4-16-35(17-5-1)49(36-18-6-2-7-19-36,37-20-8-3-9-21-37)38-28-30-39(31-29-38)50-47-27-15-12-24-43(47)44-34-40(32-33-48(44)50)51-45-25-13-10-22-41(45)42-23-11-14-26-46(42)51/h1-34H/i10D,11D,13D,14D,22D,23D,25D,26D. The van der Waals surface area contributed by atoms with Crippen LogP contribution >= 0.6 is 0 Å². The van der Waals surface area contributed by atoms with Crippen LogP contribution in [0.4, 0.5) is 0 Å². The first-order chi connectivity index (χ1) is 28.6. The summed E-state index contributed by atoms with van der Waals surface area (Å²) >= 11 is 0. The molecule has 10 rings (SSSR count). The molecule has 0 aliphatic carbocycles. The van der Waals surface area contributed by atoms with E-state index in [4.69, 9.17) is 11.0 Å². The Bertz CT molecular complexity index is 3110. The molecule has 240 valence electrons. The van der Waals surface area contributed by atoms with Crippen molar-refractivity contribution in [3.05, 3.63) is 228 Å². The minimum absolute atomic E-state index is 0.0539. The number of aromatic nitrogens is 2. The number of hydrogen-bond donors (Lipinski definition) is 0. The van der Waals surface area contributed by atoms with Crippen LogP contribution in [0.2, 0.25) is 0 Å². The molecule has 0 spiro atoms. The first-order valence-corrected chi connectivity index (χ1v) is 17.0. The van der Waals surface area contributed by atoms with Crippen LogP contribution in [-0.4, -0.2) is 9.13 Å². The zero-order valence-corrected chi connectivity index (χ0v) is 27.4. The summed E-state index contributed by atoms with van der Waals surface area (Å²) < 4.78 is 73.5. The Kier molecular flexibility index (Phi) is 5.11. The molecule has 8 aromatic carbocycles. The van der Waals surface area contributed by atoms with Crippen LogP contribution < -0.4 is 0 Å². The van der Waals surface area contributed by atoms with Gasteiger partial charge in [0, 0.05) is 32.9 Å². The molecule has 0 saturated carbocycles. The lowest BCUT2D eigenvalue weighted by Crippen LogP contribution is -2.30. The van der Waals surface area contributed by atoms with Crippen LogP contribution in [0.1, 0.15) is 33.2 Å². The Labute approximate surface area is 308 Å². The number of nitrogens with zero attached hydrogens (tertiary/aromatic N) is 2. The van der Waals surface area contributed by atoms with Crippen molar-refractivity contribution >= 4 is 43.6 Å². The predicted molar refractivity (Wildman–Crippen MR) is 213 cm³/mol. The number of para-hydroxylation sites is 3. The lowest BCUT2D eigenvalue weighted by molar-refractivity contribution is 0.745. The van der Waals surface area contributed by atoms with Crippen LogP contribution in [0.3, 0.4) is 0 Å². The van der Waals surface area contributed by atoms with Gasteiger partial charge >= 0.3 is 0 Å². The normalized spacial score (nSPS) is 14.1. The number of fused-ring (bicyclic) bond motifs is 6. The molecule has 0 atom stereocenters. The second-order valence-corrected chi connectivity index (χ2v) is 12.7. The summed E-state index contributed by atoms with van der Waals surface area (Å²) in [6.07, 6.45) is 0. The Hall–Kier alpha value is -6.64. The molecule has 0 bridgehead atoms. The molecular weight excluding hydrogens is 617 g/mol. The third kappa shape index (κ3) is 4.43. The second kappa shape index (κ2) is 11.8. The van der Waals surface area contributed by atoms with Crippen molar-refractivity contribution in [1.82, 2.24) is 9.13 Å². The molecule has 2 aromatic heterocycles. The quantitative estimate of drug-likeness (QED) is 0.157. The van der Waals surface area contributed by atoms with Gasteiger partial charge in [-0.1, -0.05) is 158 Å². The molecule has 0 aliphatic rings. The minimum Gasteiger partial charge on any atom is -0.309 e. The summed E-state index contributed by atoms with van der Waals surface area (Å²) in [5.74, 6) is 0. The van der Waals surface area contributed by atoms with E-state index < -0.39 is 29.6 Å². The van der Waals surface area contributed by atoms with Gasteiger partial charge in [0.05, 0.1) is 38.4 Å². The van der Waals surface area contributed by atoms with Gasteiger partial charge in [-0.15, -0.1) is 0 Å². The smallest absolute Gasteiger partial charge is 0.0701 e. The highest BCUT2D eigenvalue weighted by Gasteiger charge is 2.38. The van der Waals surface area contributed by atoms with E-state index in [1.54, 1.807) is 4.57 Å². The maximum atomic E-state index is 9.00. The van der Waals surface area contributed by atoms with Gasteiger partial charge in [-0.2, -0.15) is 0 Å². The van der Waals surface area contributed by atoms with Crippen molar-refractivity contribution in [2.24, 2.45) is 0 Å². The van der Waals surface area contributed by atoms with Crippen molar-refractivity contribution in [2.75, 3.05) is 0 Å². The predicted octanol–water partition coefficient (Wildman–Crippen LogP) is 12.3. The van der Waals surface area contributed by atoms with Crippen LogP contribution in [-0.2, 0) is 5.41 Å². The SMILES string of the molecule is [2H]c1c([2H])c([2H])c2c(c1[2H])c1c([2H])c([2H])c([2H])c([2H])c1n2-c1ccc2c(c1)c1ccccc1n2-c1ccc(C(c2ccccc2)(c2ccccc2)c2ccccc2)cc1. The number of benzene rings is 8. The van der Waals surface area contributed by atoms with Gasteiger partial charge in [0.15, 0.2) is 0 Å². The van der Waals surface area contributed by atoms with Crippen LogP contribution in [0, 0.1) is 0 Å². The molecule has 10 aromatic rings. The maximum Gasteiger partial charge on any atom is 0.0701 e. The molecule has 0 amide bonds.